The highest BCUT2D eigenvalue weighted by Crippen LogP contribution is 2.41. The molecule has 6 nitrogen and oxygen atoms in total. The minimum atomic E-state index is -0.885. The summed E-state index contributed by atoms with van der Waals surface area (Å²) in [7, 11) is 0. The number of benzene rings is 3. The lowest BCUT2D eigenvalue weighted by Gasteiger charge is -2.39. The summed E-state index contributed by atoms with van der Waals surface area (Å²) in [6.45, 7) is 6.78. The van der Waals surface area contributed by atoms with E-state index in [9.17, 15) is 10.1 Å². The highest BCUT2D eigenvalue weighted by Gasteiger charge is 2.37. The average Bonchev–Trinajstić information content (AvgIpc) is 2.98. The first-order valence-corrected chi connectivity index (χ1v) is 14.6. The normalized spacial score (nSPS) is 20.9. The Kier molecular flexibility index (Phi) is 9.03. The van der Waals surface area contributed by atoms with Gasteiger partial charge in [-0.3, -0.25) is 9.69 Å². The Balaban J connectivity index is 1.31. The summed E-state index contributed by atoms with van der Waals surface area (Å²) in [5, 5.41) is 9.60. The van der Waals surface area contributed by atoms with E-state index in [-0.39, 0.29) is 5.91 Å². The number of nitriles is 1. The molecular weight excluding hydrogens is 498 g/mol. The van der Waals surface area contributed by atoms with Gasteiger partial charge < -0.3 is 14.4 Å². The quantitative estimate of drug-likeness (QED) is 0.260. The molecule has 0 N–H and O–H groups in total. The van der Waals surface area contributed by atoms with Crippen molar-refractivity contribution in [2.45, 2.75) is 77.2 Å². The van der Waals surface area contributed by atoms with Crippen LogP contribution in [0.15, 0.2) is 72.8 Å². The SMILES string of the molecule is C[C@@H]1CCC[C@H](C)N1CCCCCN1C(=O)C(c2cc(C#N)ccc2OCc2ccccc2)Oc2ccccc21. The molecule has 1 saturated heterocycles. The van der Waals surface area contributed by atoms with Gasteiger partial charge in [0.2, 0.25) is 6.10 Å². The molecule has 0 spiro atoms. The van der Waals surface area contributed by atoms with Crippen LogP contribution in [0.4, 0.5) is 5.69 Å². The van der Waals surface area contributed by atoms with Crippen LogP contribution < -0.4 is 14.4 Å². The lowest BCUT2D eigenvalue weighted by Crippen LogP contribution is -2.44. The van der Waals surface area contributed by atoms with Crippen LogP contribution in [-0.2, 0) is 11.4 Å². The van der Waals surface area contributed by atoms with Crippen molar-refractivity contribution in [3.05, 3.63) is 89.5 Å². The van der Waals surface area contributed by atoms with Gasteiger partial charge in [-0.25, -0.2) is 0 Å². The molecule has 3 atom stereocenters. The highest BCUT2D eigenvalue weighted by molar-refractivity contribution is 6.01. The maximum Gasteiger partial charge on any atom is 0.273 e. The molecule has 3 aromatic carbocycles. The van der Waals surface area contributed by atoms with Crippen LogP contribution in [0.2, 0.25) is 0 Å². The fourth-order valence-electron chi connectivity index (χ4n) is 5.99. The number of ether oxygens (including phenoxy) is 2. The molecule has 6 heteroatoms. The summed E-state index contributed by atoms with van der Waals surface area (Å²) in [5.74, 6) is 1.08. The largest absolute Gasteiger partial charge is 0.488 e. The Morgan fingerprint density at radius 2 is 1.65 bits per heavy atom. The molecule has 40 heavy (non-hydrogen) atoms. The van der Waals surface area contributed by atoms with Crippen molar-refractivity contribution in [3.63, 3.8) is 0 Å². The summed E-state index contributed by atoms with van der Waals surface area (Å²) in [6.07, 6.45) is 6.12. The molecule has 1 amide bonds. The molecule has 3 aromatic rings. The van der Waals surface area contributed by atoms with E-state index in [1.807, 2.05) is 59.5 Å². The van der Waals surface area contributed by atoms with Crippen molar-refractivity contribution in [2.75, 3.05) is 18.0 Å². The van der Waals surface area contributed by atoms with Gasteiger partial charge in [-0.1, -0.05) is 55.3 Å². The number of amides is 1. The fraction of sp³-hybridized carbons (Fsp3) is 0.412. The molecule has 208 valence electrons. The van der Waals surface area contributed by atoms with Crippen molar-refractivity contribution in [1.29, 1.82) is 5.26 Å². The van der Waals surface area contributed by atoms with Gasteiger partial charge in [0.15, 0.2) is 0 Å². The van der Waals surface area contributed by atoms with Gasteiger partial charge in [-0.05, 0) is 82.0 Å². The number of carbonyl (C=O) groups is 1. The van der Waals surface area contributed by atoms with Gasteiger partial charge in [0, 0.05) is 24.2 Å². The second kappa shape index (κ2) is 13.0. The number of piperidine rings is 1. The molecule has 0 aliphatic carbocycles. The molecule has 2 aliphatic rings. The zero-order valence-electron chi connectivity index (χ0n) is 23.6. The number of nitrogens with zero attached hydrogens (tertiary/aromatic N) is 3. The monoisotopic (exact) mass is 537 g/mol. The van der Waals surface area contributed by atoms with Gasteiger partial charge in [-0.15, -0.1) is 0 Å². The lowest BCUT2D eigenvalue weighted by atomic mass is 9.97. The van der Waals surface area contributed by atoms with Crippen LogP contribution in [0, 0.1) is 11.3 Å². The van der Waals surface area contributed by atoms with E-state index in [1.165, 1.54) is 19.3 Å². The summed E-state index contributed by atoms with van der Waals surface area (Å²) in [4.78, 5) is 18.5. The van der Waals surface area contributed by atoms with Gasteiger partial charge in [0.1, 0.15) is 18.1 Å². The fourth-order valence-corrected chi connectivity index (χ4v) is 5.99. The number of anilines is 1. The Labute approximate surface area is 238 Å². The number of fused-ring (bicyclic) bond motifs is 1. The predicted octanol–water partition coefficient (Wildman–Crippen LogP) is 7.04. The molecule has 2 aliphatic heterocycles. The number of rotatable bonds is 10. The summed E-state index contributed by atoms with van der Waals surface area (Å²) < 4.78 is 12.5. The Bertz CT molecular complexity index is 1330. The minimum absolute atomic E-state index is 0.128. The molecule has 0 aromatic heterocycles. The Morgan fingerprint density at radius 1 is 0.925 bits per heavy atom. The van der Waals surface area contributed by atoms with E-state index >= 15 is 0 Å². The van der Waals surface area contributed by atoms with Crippen LogP contribution in [0.25, 0.3) is 0 Å². The van der Waals surface area contributed by atoms with E-state index in [0.717, 1.165) is 37.1 Å². The maximum absolute atomic E-state index is 14.0. The van der Waals surface area contributed by atoms with Crippen molar-refractivity contribution < 1.29 is 14.3 Å². The summed E-state index contributed by atoms with van der Waals surface area (Å²) in [6, 6.07) is 26.3. The third kappa shape index (κ3) is 6.32. The molecule has 1 unspecified atom stereocenters. The number of unbranched alkanes of at least 4 members (excludes halogenated alkanes) is 2. The lowest BCUT2D eigenvalue weighted by molar-refractivity contribution is -0.126. The third-order valence-corrected chi connectivity index (χ3v) is 8.22. The first-order valence-electron chi connectivity index (χ1n) is 14.6. The number of hydrogen-bond acceptors (Lipinski definition) is 5. The van der Waals surface area contributed by atoms with Crippen molar-refractivity contribution in [3.8, 4) is 17.6 Å². The van der Waals surface area contributed by atoms with Crippen LogP contribution in [0.5, 0.6) is 11.5 Å². The van der Waals surface area contributed by atoms with Gasteiger partial charge in [0.25, 0.3) is 5.91 Å². The number of hydrogen-bond donors (Lipinski definition) is 0. The van der Waals surface area contributed by atoms with E-state index in [2.05, 4.69) is 24.8 Å². The second-order valence-corrected chi connectivity index (χ2v) is 11.0. The van der Waals surface area contributed by atoms with E-state index in [1.54, 1.807) is 18.2 Å². The first-order chi connectivity index (χ1) is 19.5. The van der Waals surface area contributed by atoms with Crippen molar-refractivity contribution in [1.82, 2.24) is 4.90 Å². The number of likely N-dealkylation sites (tertiary alicyclic amines) is 1. The molecule has 0 saturated carbocycles. The first kappa shape index (κ1) is 27.7. The molecule has 0 bridgehead atoms. The minimum Gasteiger partial charge on any atom is -0.488 e. The Morgan fingerprint density at radius 3 is 2.42 bits per heavy atom. The van der Waals surface area contributed by atoms with Gasteiger partial charge >= 0.3 is 0 Å². The van der Waals surface area contributed by atoms with Crippen LogP contribution >= 0.6 is 0 Å². The Hall–Kier alpha value is -3.82. The van der Waals surface area contributed by atoms with Crippen LogP contribution in [-0.4, -0.2) is 36.0 Å². The van der Waals surface area contributed by atoms with Crippen LogP contribution in [0.3, 0.4) is 0 Å². The number of para-hydroxylation sites is 2. The molecule has 5 rings (SSSR count). The highest BCUT2D eigenvalue weighted by atomic mass is 16.5. The molecule has 0 radical (unpaired) electrons. The average molecular weight is 538 g/mol. The second-order valence-electron chi connectivity index (χ2n) is 11.0. The molecular formula is C34H39N3O3. The van der Waals surface area contributed by atoms with E-state index in [0.29, 0.717) is 47.9 Å². The molecule has 1 fully saturated rings. The van der Waals surface area contributed by atoms with E-state index in [4.69, 9.17) is 9.47 Å². The number of carbonyl (C=O) groups excluding carboxylic acids is 1. The van der Waals surface area contributed by atoms with Crippen molar-refractivity contribution >= 4 is 11.6 Å². The zero-order valence-corrected chi connectivity index (χ0v) is 23.6. The van der Waals surface area contributed by atoms with E-state index < -0.39 is 6.10 Å². The smallest absolute Gasteiger partial charge is 0.273 e. The van der Waals surface area contributed by atoms with Gasteiger partial charge in [0.05, 0.1) is 17.3 Å². The topological polar surface area (TPSA) is 65.8 Å². The third-order valence-electron chi connectivity index (χ3n) is 8.22. The van der Waals surface area contributed by atoms with Crippen LogP contribution in [0.1, 0.15) is 75.2 Å². The van der Waals surface area contributed by atoms with Gasteiger partial charge in [-0.2, -0.15) is 5.26 Å². The van der Waals surface area contributed by atoms with Crippen molar-refractivity contribution in [2.24, 2.45) is 0 Å². The predicted molar refractivity (Wildman–Crippen MR) is 157 cm³/mol. The summed E-state index contributed by atoms with van der Waals surface area (Å²) in [5.41, 5.74) is 2.86. The summed E-state index contributed by atoms with van der Waals surface area (Å²) >= 11 is 0. The molecule has 2 heterocycles. The standard InChI is InChI=1S/C34H39N3O3/c1-25-12-11-13-26(2)36(25)20-9-4-10-21-37-30-16-7-8-17-32(30)40-33(34(37)38)29-22-28(23-35)18-19-31(29)39-24-27-14-5-3-6-15-27/h3,5-8,14-19,22,25-26,33H,4,9-13,20-21,24H2,1-2H3/t25-,26+,33?. The maximum atomic E-state index is 14.0. The zero-order chi connectivity index (χ0) is 27.9.